The molecule has 2 aromatic heterocycles. The Morgan fingerprint density at radius 3 is 2.42 bits per heavy atom. The average Bonchev–Trinajstić information content (AvgIpc) is 2.26. The molecule has 5 nitrogen and oxygen atoms in total. The first-order valence-corrected chi connectivity index (χ1v) is 5.63. The maximum absolute atomic E-state index is 12.7. The van der Waals surface area contributed by atoms with Crippen LogP contribution in [-0.2, 0) is 6.18 Å². The average molecular weight is 335 g/mol. The van der Waals surface area contributed by atoms with Crippen molar-refractivity contribution < 1.29 is 18.0 Å². The molecule has 0 aliphatic heterocycles. The maximum Gasteiger partial charge on any atom is 0.434 e. The number of amides is 1. The summed E-state index contributed by atoms with van der Waals surface area (Å²) in [5, 5.41) is 0.225. The first kappa shape index (κ1) is 13.5. The van der Waals surface area contributed by atoms with Gasteiger partial charge in [0.05, 0.1) is 5.56 Å². The molecule has 0 fully saturated rings. The van der Waals surface area contributed by atoms with E-state index in [4.69, 9.17) is 11.5 Å². The van der Waals surface area contributed by atoms with Crippen LogP contribution in [0.4, 0.5) is 19.0 Å². The first-order valence-electron chi connectivity index (χ1n) is 4.84. The van der Waals surface area contributed by atoms with Crippen LogP contribution in [0, 0.1) is 0 Å². The molecule has 0 unspecified atom stereocenters. The van der Waals surface area contributed by atoms with Crippen molar-refractivity contribution in [1.82, 2.24) is 9.97 Å². The molecule has 19 heavy (non-hydrogen) atoms. The molecule has 0 atom stereocenters. The van der Waals surface area contributed by atoms with Gasteiger partial charge in [-0.25, -0.2) is 9.97 Å². The number of hydrogen-bond acceptors (Lipinski definition) is 4. The fraction of sp³-hybridized carbons (Fsp3) is 0.100. The Morgan fingerprint density at radius 1 is 1.26 bits per heavy atom. The summed E-state index contributed by atoms with van der Waals surface area (Å²) in [6.07, 6.45) is -4.62. The van der Waals surface area contributed by atoms with Crippen LogP contribution >= 0.6 is 15.9 Å². The van der Waals surface area contributed by atoms with E-state index >= 15 is 0 Å². The van der Waals surface area contributed by atoms with E-state index in [9.17, 15) is 18.0 Å². The van der Waals surface area contributed by atoms with Crippen LogP contribution in [0.25, 0.3) is 11.0 Å². The Bertz CT molecular complexity index is 687. The Morgan fingerprint density at radius 2 is 1.89 bits per heavy atom. The number of rotatable bonds is 1. The number of aromatic nitrogens is 2. The van der Waals surface area contributed by atoms with E-state index in [2.05, 4.69) is 25.9 Å². The number of pyridine rings is 2. The molecule has 0 aliphatic rings. The number of carbonyl (C=O) groups excluding carboxylic acids is 1. The topological polar surface area (TPSA) is 94.9 Å². The number of hydrogen-bond donors (Lipinski definition) is 2. The Kier molecular flexibility index (Phi) is 3.09. The lowest BCUT2D eigenvalue weighted by atomic mass is 10.1. The first-order chi connectivity index (χ1) is 8.70. The van der Waals surface area contributed by atoms with Crippen molar-refractivity contribution in [2.24, 2.45) is 5.73 Å². The van der Waals surface area contributed by atoms with Crippen LogP contribution < -0.4 is 11.5 Å². The van der Waals surface area contributed by atoms with Gasteiger partial charge in [-0.3, -0.25) is 4.79 Å². The van der Waals surface area contributed by atoms with Gasteiger partial charge < -0.3 is 11.5 Å². The highest BCUT2D eigenvalue weighted by Crippen LogP contribution is 2.35. The zero-order valence-corrected chi connectivity index (χ0v) is 10.7. The minimum absolute atomic E-state index is 0.0686. The SMILES string of the molecule is NC(=O)c1cc2cc(Br)c(C(F)(F)F)nc2nc1N. The summed E-state index contributed by atoms with van der Waals surface area (Å²) in [4.78, 5) is 18.1. The predicted molar refractivity (Wildman–Crippen MR) is 65.2 cm³/mol. The van der Waals surface area contributed by atoms with Crippen LogP contribution in [0.1, 0.15) is 16.1 Å². The summed E-state index contributed by atoms with van der Waals surface area (Å²) in [5.41, 5.74) is 9.12. The van der Waals surface area contributed by atoms with Crippen molar-refractivity contribution in [3.05, 3.63) is 27.9 Å². The van der Waals surface area contributed by atoms with Crippen molar-refractivity contribution >= 4 is 38.7 Å². The second-order valence-electron chi connectivity index (χ2n) is 3.65. The standard InChI is InChI=1S/C10H6BrF3N4O/c11-5-2-3-1-4(8(16)19)7(15)18-9(3)17-6(5)10(12,13)14/h1-2H,(H2,16,19)(H2,15,17,18). The van der Waals surface area contributed by atoms with Gasteiger partial charge in [0.15, 0.2) is 11.3 Å². The van der Waals surface area contributed by atoms with Gasteiger partial charge in [0.25, 0.3) is 5.91 Å². The lowest BCUT2D eigenvalue weighted by molar-refractivity contribution is -0.141. The lowest BCUT2D eigenvalue weighted by Gasteiger charge is -2.10. The minimum atomic E-state index is -4.62. The smallest absolute Gasteiger partial charge is 0.383 e. The number of primary amides is 1. The van der Waals surface area contributed by atoms with E-state index in [-0.39, 0.29) is 26.9 Å². The second-order valence-corrected chi connectivity index (χ2v) is 4.50. The van der Waals surface area contributed by atoms with Gasteiger partial charge in [-0.05, 0) is 28.1 Å². The summed E-state index contributed by atoms with van der Waals surface area (Å²) in [6, 6.07) is 2.40. The summed E-state index contributed by atoms with van der Waals surface area (Å²) < 4.78 is 37.7. The molecule has 0 spiro atoms. The van der Waals surface area contributed by atoms with E-state index in [1.54, 1.807) is 0 Å². The predicted octanol–water partition coefficient (Wildman–Crippen LogP) is 2.09. The summed E-state index contributed by atoms with van der Waals surface area (Å²) in [5.74, 6) is -1.08. The van der Waals surface area contributed by atoms with Gasteiger partial charge >= 0.3 is 6.18 Å². The van der Waals surface area contributed by atoms with Crippen LogP contribution in [0.2, 0.25) is 0 Å². The molecule has 4 N–H and O–H groups in total. The number of alkyl halides is 3. The highest BCUT2D eigenvalue weighted by Gasteiger charge is 2.35. The van der Waals surface area contributed by atoms with Gasteiger partial charge in [-0.15, -0.1) is 0 Å². The normalized spacial score (nSPS) is 11.8. The lowest BCUT2D eigenvalue weighted by Crippen LogP contribution is -2.15. The fourth-order valence-electron chi connectivity index (χ4n) is 1.49. The number of halogens is 4. The number of anilines is 1. The minimum Gasteiger partial charge on any atom is -0.383 e. The second kappa shape index (κ2) is 4.34. The highest BCUT2D eigenvalue weighted by molar-refractivity contribution is 9.10. The number of nitrogens with zero attached hydrogens (tertiary/aromatic N) is 2. The van der Waals surface area contributed by atoms with E-state index < -0.39 is 17.8 Å². The number of carbonyl (C=O) groups is 1. The third-order valence-corrected chi connectivity index (χ3v) is 2.92. The zero-order valence-electron chi connectivity index (χ0n) is 9.12. The van der Waals surface area contributed by atoms with Crippen molar-refractivity contribution in [1.29, 1.82) is 0 Å². The fourth-order valence-corrected chi connectivity index (χ4v) is 2.05. The summed E-state index contributed by atoms with van der Waals surface area (Å²) in [7, 11) is 0. The molecule has 9 heteroatoms. The number of nitrogens with two attached hydrogens (primary N) is 2. The largest absolute Gasteiger partial charge is 0.434 e. The number of nitrogen functional groups attached to an aromatic ring is 1. The highest BCUT2D eigenvalue weighted by atomic mass is 79.9. The van der Waals surface area contributed by atoms with E-state index in [1.165, 1.54) is 6.07 Å². The van der Waals surface area contributed by atoms with Gasteiger partial charge in [0, 0.05) is 9.86 Å². The van der Waals surface area contributed by atoms with E-state index in [0.717, 1.165) is 6.07 Å². The van der Waals surface area contributed by atoms with Crippen LogP contribution in [-0.4, -0.2) is 15.9 Å². The van der Waals surface area contributed by atoms with Gasteiger partial charge in [0.1, 0.15) is 5.82 Å². The van der Waals surface area contributed by atoms with Crippen LogP contribution in [0.15, 0.2) is 16.6 Å². The van der Waals surface area contributed by atoms with Gasteiger partial charge in [-0.1, -0.05) is 0 Å². The molecular weight excluding hydrogens is 329 g/mol. The summed E-state index contributed by atoms with van der Waals surface area (Å²) >= 11 is 2.78. The molecule has 0 aromatic carbocycles. The van der Waals surface area contributed by atoms with E-state index in [0.29, 0.717) is 0 Å². The molecular formula is C10H6BrF3N4O. The van der Waals surface area contributed by atoms with Gasteiger partial charge in [0.2, 0.25) is 0 Å². The molecule has 1 amide bonds. The van der Waals surface area contributed by atoms with Gasteiger partial charge in [-0.2, -0.15) is 13.2 Å². The summed E-state index contributed by atoms with van der Waals surface area (Å²) in [6.45, 7) is 0. The quantitative estimate of drug-likeness (QED) is 0.834. The third kappa shape index (κ3) is 2.46. The molecule has 2 rings (SSSR count). The molecule has 2 aromatic rings. The Balaban J connectivity index is 2.76. The molecule has 0 saturated carbocycles. The Labute approximate surface area is 112 Å². The van der Waals surface area contributed by atoms with Crippen molar-refractivity contribution in [3.8, 4) is 0 Å². The van der Waals surface area contributed by atoms with Crippen LogP contribution in [0.3, 0.4) is 0 Å². The monoisotopic (exact) mass is 334 g/mol. The molecule has 100 valence electrons. The van der Waals surface area contributed by atoms with E-state index in [1.807, 2.05) is 0 Å². The van der Waals surface area contributed by atoms with Crippen molar-refractivity contribution in [2.45, 2.75) is 6.18 Å². The maximum atomic E-state index is 12.7. The molecule has 0 saturated heterocycles. The number of fused-ring (bicyclic) bond motifs is 1. The zero-order chi connectivity index (χ0) is 14.4. The van der Waals surface area contributed by atoms with Crippen molar-refractivity contribution in [2.75, 3.05) is 5.73 Å². The molecule has 0 radical (unpaired) electrons. The molecule has 0 bridgehead atoms. The molecule has 0 aliphatic carbocycles. The van der Waals surface area contributed by atoms with Crippen LogP contribution in [0.5, 0.6) is 0 Å². The Hall–Kier alpha value is -1.90. The molecule has 2 heterocycles. The van der Waals surface area contributed by atoms with Crippen molar-refractivity contribution in [3.63, 3.8) is 0 Å². The third-order valence-electron chi connectivity index (χ3n) is 2.32.